The van der Waals surface area contributed by atoms with Gasteiger partial charge in [0.25, 0.3) is 0 Å². The van der Waals surface area contributed by atoms with Crippen molar-refractivity contribution >= 4 is 79.4 Å². The van der Waals surface area contributed by atoms with Crippen LogP contribution in [-0.4, -0.2) is 77.2 Å². The molecule has 2 aliphatic heterocycles. The molecule has 0 amide bonds. The number of aliphatic carboxylic acids is 2. The molecule has 0 fully saturated rings. The molecule has 376 valence electrons. The molecule has 15 nitrogen and oxygen atoms in total. The maximum absolute atomic E-state index is 10.6. The van der Waals surface area contributed by atoms with Gasteiger partial charge in [0.05, 0.1) is 12.0 Å². The second-order valence-electron chi connectivity index (χ2n) is 17.1. The largest absolute Gasteiger partial charge is 1.00 e. The van der Waals surface area contributed by atoms with Gasteiger partial charge < -0.3 is 30.4 Å². The zero-order valence-electron chi connectivity index (χ0n) is 42.7. The number of nitrogens with zero attached hydrogens (tertiary/aromatic N) is 3. The molecule has 0 radical (unpaired) electrons. The average Bonchev–Trinajstić information content (AvgIpc) is 3.66. The Labute approximate surface area is 518 Å². The van der Waals surface area contributed by atoms with Crippen LogP contribution in [0.15, 0.2) is 145 Å². The Morgan fingerprint density at radius 3 is 1.47 bits per heavy atom. The molecule has 0 saturated carbocycles. The summed E-state index contributed by atoms with van der Waals surface area (Å²) in [6.07, 6.45) is 11.2. The van der Waals surface area contributed by atoms with Crippen molar-refractivity contribution in [3.05, 3.63) is 163 Å². The molecular formula is C54H61K2N5O10S2. The van der Waals surface area contributed by atoms with E-state index in [9.17, 15) is 19.8 Å². The van der Waals surface area contributed by atoms with Crippen molar-refractivity contribution in [2.75, 3.05) is 23.7 Å². The molecule has 0 saturated heterocycles. The van der Waals surface area contributed by atoms with E-state index in [0.717, 1.165) is 55.8 Å². The molecule has 0 spiro atoms. The maximum atomic E-state index is 10.6. The van der Waals surface area contributed by atoms with Crippen molar-refractivity contribution in [2.24, 2.45) is 4.99 Å². The number of unbranched alkanes of at least 4 members (excludes halogenated alkanes) is 4. The van der Waals surface area contributed by atoms with E-state index < -0.39 is 33.2 Å². The summed E-state index contributed by atoms with van der Waals surface area (Å²) >= 11 is 0. The summed E-state index contributed by atoms with van der Waals surface area (Å²) < 4.78 is 55.4. The average molecular weight is 1080 g/mol. The standard InChI is InChI=1S/C24H27N2O2.C17H23NO2.C13H12N2.2K.2O3S/c1-24(2)20-13-8-9-14-21(20)26(18-10-4-7-15-23(27)28)22(24)16-17-25-19-11-5-3-6-12-19;1-13-17(2,3)14-9-6-7-10-15(14)18(13)12-8-4-5-11-16(19)20;1-3-7-12(8-4-1)14-11-15-13-9-5-2-6-10-13;;;2*1-4(2)3/h3,5-6,9,11-14,16-17H,4,7,10,15,18H2,1-2H3,(H,27,28);7,9-10H,4-5,8,11-12H2,1-3H3,(H,19,20);1-11H,(H,14,15);;;;/q-1;;;2*+1;;/p-1. The van der Waals surface area contributed by atoms with E-state index in [1.165, 1.54) is 33.9 Å². The van der Waals surface area contributed by atoms with Gasteiger partial charge >= 0.3 is 124 Å². The SMILES string of the molecule is C(=Nc1ccccc1)Nc1ccccc1.CC1(C)C(/C=C/Nc2ccccc2)=[N+](CCCCCC(=O)[O-])c2cc[c-]cc21.CC1=[N+](CCCCCC(=O)[O-])c2cc[c-]cc2C1(C)C.O=S(=O)=O.O=S(=O)=O.[K+].[K+]. The van der Waals surface area contributed by atoms with Crippen LogP contribution in [0.4, 0.5) is 28.4 Å². The monoisotopic (exact) mass is 1080 g/mol. The van der Waals surface area contributed by atoms with Crippen LogP contribution in [0.1, 0.15) is 97.1 Å². The zero-order chi connectivity index (χ0) is 52.2. The van der Waals surface area contributed by atoms with E-state index in [1.807, 2.05) is 109 Å². The number of carbonyl (C=O) groups is 2. The van der Waals surface area contributed by atoms with Crippen LogP contribution in [0, 0.1) is 12.1 Å². The number of rotatable bonds is 18. The van der Waals surface area contributed by atoms with Gasteiger partial charge in [-0.3, -0.25) is 0 Å². The van der Waals surface area contributed by atoms with Crippen LogP contribution in [0.5, 0.6) is 0 Å². The number of hydrogen-bond acceptors (Lipinski definition) is 12. The van der Waals surface area contributed by atoms with Gasteiger partial charge in [-0.1, -0.05) is 93.4 Å². The Morgan fingerprint density at radius 2 is 1.00 bits per heavy atom. The summed E-state index contributed by atoms with van der Waals surface area (Å²) in [6.45, 7) is 12.9. The van der Waals surface area contributed by atoms with E-state index in [-0.39, 0.29) is 126 Å². The van der Waals surface area contributed by atoms with E-state index in [0.29, 0.717) is 12.8 Å². The molecular weight excluding hydrogens is 1020 g/mol. The number of aliphatic imine (C=N–C) groups is 1. The second-order valence-corrected chi connectivity index (χ2v) is 17.9. The van der Waals surface area contributed by atoms with Crippen molar-refractivity contribution < 1.29 is 157 Å². The van der Waals surface area contributed by atoms with Gasteiger partial charge in [0.1, 0.15) is 24.5 Å². The summed E-state index contributed by atoms with van der Waals surface area (Å²) in [5.41, 5.74) is 10.6. The Hall–Kier alpha value is -4.10. The number of carboxylic acids is 2. The van der Waals surface area contributed by atoms with Gasteiger partial charge in [-0.25, -0.2) is 14.1 Å². The van der Waals surface area contributed by atoms with Gasteiger partial charge in [-0.15, -0.1) is 37.4 Å². The quantitative estimate of drug-likeness (QED) is 0.0318. The number of carboxylic acid groups (broad SMARTS) is 2. The van der Waals surface area contributed by atoms with Crippen LogP contribution in [0.3, 0.4) is 0 Å². The number of anilines is 2. The van der Waals surface area contributed by atoms with E-state index in [1.54, 1.807) is 6.34 Å². The Balaban J connectivity index is 0.000000520. The first kappa shape index (κ1) is 66.9. The van der Waals surface area contributed by atoms with Crippen molar-refractivity contribution in [1.29, 1.82) is 0 Å². The zero-order valence-corrected chi connectivity index (χ0v) is 50.5. The molecule has 19 heteroatoms. The molecule has 2 N–H and O–H groups in total. The third kappa shape index (κ3) is 24.4. The molecule has 73 heavy (non-hydrogen) atoms. The number of benzene rings is 5. The predicted octanol–water partition coefficient (Wildman–Crippen LogP) is 1.45. The first-order valence-corrected chi connectivity index (χ1v) is 24.9. The summed E-state index contributed by atoms with van der Waals surface area (Å²) in [4.78, 5) is 25.3. The van der Waals surface area contributed by atoms with E-state index in [2.05, 4.69) is 102 Å². The fraction of sp³-hybridized carbons (Fsp3) is 0.315. The Bertz CT molecular complexity index is 2830. The molecule has 0 atom stereocenters. The predicted molar refractivity (Wildman–Crippen MR) is 272 cm³/mol. The summed E-state index contributed by atoms with van der Waals surface area (Å²) in [5, 5.41) is 27.4. The molecule has 0 bridgehead atoms. The molecule has 2 aliphatic rings. The first-order chi connectivity index (χ1) is 33.9. The number of allylic oxidation sites excluding steroid dienone is 1. The smallest absolute Gasteiger partial charge is 0.550 e. The number of para-hydroxylation sites is 3. The number of nitrogens with one attached hydrogen (secondary N) is 2. The summed E-state index contributed by atoms with van der Waals surface area (Å²) in [5.74, 6) is -1.92. The van der Waals surface area contributed by atoms with Gasteiger partial charge in [-0.05, 0) is 74.9 Å². The minimum absolute atomic E-state index is 0. The van der Waals surface area contributed by atoms with Crippen LogP contribution in [0.2, 0.25) is 0 Å². The molecule has 0 unspecified atom stereocenters. The molecule has 7 rings (SSSR count). The summed E-state index contributed by atoms with van der Waals surface area (Å²) in [6, 6.07) is 48.5. The van der Waals surface area contributed by atoms with E-state index in [4.69, 9.17) is 25.3 Å². The minimum atomic E-state index is -3.11. The first-order valence-electron chi connectivity index (χ1n) is 22.9. The van der Waals surface area contributed by atoms with Crippen molar-refractivity contribution in [3.63, 3.8) is 0 Å². The normalized spacial score (nSPS) is 13.1. The Kier molecular flexibility index (Phi) is 33.0. The van der Waals surface area contributed by atoms with Crippen LogP contribution in [0.25, 0.3) is 0 Å². The molecule has 5 aromatic rings. The molecule has 0 aliphatic carbocycles. The molecule has 2 heterocycles. The summed E-state index contributed by atoms with van der Waals surface area (Å²) in [7, 11) is -6.22. The topological polar surface area (TPSA) is 225 Å². The number of fused-ring (bicyclic) bond motifs is 2. The fourth-order valence-electron chi connectivity index (χ4n) is 7.87. The number of hydrogen-bond donors (Lipinski definition) is 2. The van der Waals surface area contributed by atoms with Crippen molar-refractivity contribution in [1.82, 2.24) is 0 Å². The second kappa shape index (κ2) is 36.0. The Morgan fingerprint density at radius 1 is 0.589 bits per heavy atom. The number of carbonyl (C=O) groups excluding carboxylic acids is 2. The third-order valence-corrected chi connectivity index (χ3v) is 11.6. The minimum Gasteiger partial charge on any atom is -0.550 e. The van der Waals surface area contributed by atoms with Crippen molar-refractivity contribution in [2.45, 2.75) is 96.8 Å². The van der Waals surface area contributed by atoms with Crippen LogP contribution < -0.4 is 124 Å². The van der Waals surface area contributed by atoms with Crippen LogP contribution in [-0.2, 0) is 41.6 Å². The van der Waals surface area contributed by atoms with Gasteiger partial charge in [0, 0.05) is 66.2 Å². The van der Waals surface area contributed by atoms with Crippen LogP contribution >= 0.6 is 0 Å². The maximum Gasteiger partial charge on any atom is 1.00 e. The van der Waals surface area contributed by atoms with Crippen molar-refractivity contribution in [3.8, 4) is 0 Å². The van der Waals surface area contributed by atoms with Gasteiger partial charge in [-0.2, -0.15) is 36.4 Å². The molecule has 0 aromatic heterocycles. The van der Waals surface area contributed by atoms with Gasteiger partial charge in [0.2, 0.25) is 0 Å². The fourth-order valence-corrected chi connectivity index (χ4v) is 7.87. The molecule has 5 aromatic carbocycles. The van der Waals surface area contributed by atoms with Gasteiger partial charge in [0.15, 0.2) is 11.4 Å². The third-order valence-electron chi connectivity index (χ3n) is 11.6. The van der Waals surface area contributed by atoms with E-state index >= 15 is 0 Å².